The lowest BCUT2D eigenvalue weighted by atomic mass is 10.1. The molecule has 0 radical (unpaired) electrons. The van der Waals surface area contributed by atoms with Crippen LogP contribution in [0.5, 0.6) is 0 Å². The molecule has 1 atom stereocenters. The number of rotatable bonds is 3. The standard InChI is InChI=1S/C12H14ClN3O2/c1-2-9-12(18)15-10(17)7-16(9)6-8-4-3-5-14-11(8)13/h3-5,9H,2,6-7H2,1H3,(H,15,17,18). The third kappa shape index (κ3) is 2.68. The Labute approximate surface area is 110 Å². The van der Waals surface area contributed by atoms with E-state index in [4.69, 9.17) is 11.6 Å². The first-order valence-electron chi connectivity index (χ1n) is 5.79. The van der Waals surface area contributed by atoms with Gasteiger partial charge in [0.2, 0.25) is 11.8 Å². The Hall–Kier alpha value is -1.46. The van der Waals surface area contributed by atoms with E-state index in [1.54, 1.807) is 12.3 Å². The van der Waals surface area contributed by atoms with Crippen LogP contribution in [-0.4, -0.2) is 34.3 Å². The number of amides is 2. The average molecular weight is 268 g/mol. The third-order valence-corrected chi connectivity index (χ3v) is 3.29. The van der Waals surface area contributed by atoms with Crippen LogP contribution < -0.4 is 5.32 Å². The quantitative estimate of drug-likeness (QED) is 0.655. The second kappa shape index (κ2) is 5.46. The smallest absolute Gasteiger partial charge is 0.243 e. The van der Waals surface area contributed by atoms with Crippen LogP contribution in [0.4, 0.5) is 0 Å². The summed E-state index contributed by atoms with van der Waals surface area (Å²) < 4.78 is 0. The summed E-state index contributed by atoms with van der Waals surface area (Å²) in [6.45, 7) is 2.57. The molecule has 96 valence electrons. The summed E-state index contributed by atoms with van der Waals surface area (Å²) in [6.07, 6.45) is 2.26. The number of nitrogens with zero attached hydrogens (tertiary/aromatic N) is 2. The molecule has 0 saturated carbocycles. The second-order valence-electron chi connectivity index (χ2n) is 4.19. The van der Waals surface area contributed by atoms with Gasteiger partial charge in [-0.05, 0) is 12.5 Å². The van der Waals surface area contributed by atoms with E-state index in [2.05, 4.69) is 10.3 Å². The van der Waals surface area contributed by atoms with Gasteiger partial charge in [0.15, 0.2) is 0 Å². The van der Waals surface area contributed by atoms with Crippen molar-refractivity contribution in [3.63, 3.8) is 0 Å². The molecule has 1 aliphatic rings. The molecule has 1 N–H and O–H groups in total. The van der Waals surface area contributed by atoms with E-state index in [1.807, 2.05) is 17.9 Å². The number of hydrogen-bond donors (Lipinski definition) is 1. The molecule has 0 spiro atoms. The van der Waals surface area contributed by atoms with E-state index in [9.17, 15) is 9.59 Å². The topological polar surface area (TPSA) is 62.3 Å². The van der Waals surface area contributed by atoms with Crippen LogP contribution in [-0.2, 0) is 16.1 Å². The lowest BCUT2D eigenvalue weighted by Crippen LogP contribution is -2.57. The molecule has 1 saturated heterocycles. The molecule has 0 aliphatic carbocycles. The molecule has 1 aromatic heterocycles. The van der Waals surface area contributed by atoms with Gasteiger partial charge in [0.25, 0.3) is 0 Å². The van der Waals surface area contributed by atoms with Gasteiger partial charge in [-0.1, -0.05) is 24.6 Å². The minimum atomic E-state index is -0.293. The minimum Gasteiger partial charge on any atom is -0.294 e. The van der Waals surface area contributed by atoms with E-state index >= 15 is 0 Å². The Morgan fingerprint density at radius 1 is 1.56 bits per heavy atom. The molecule has 1 fully saturated rings. The maximum Gasteiger partial charge on any atom is 0.243 e. The number of imide groups is 1. The van der Waals surface area contributed by atoms with Gasteiger partial charge in [0.05, 0.1) is 12.6 Å². The highest BCUT2D eigenvalue weighted by molar-refractivity contribution is 6.30. The SMILES string of the molecule is CCC1C(=O)NC(=O)CN1Cc1cccnc1Cl. The fourth-order valence-corrected chi connectivity index (χ4v) is 2.27. The molecule has 1 aromatic rings. The maximum absolute atomic E-state index is 11.7. The maximum atomic E-state index is 11.7. The van der Waals surface area contributed by atoms with Gasteiger partial charge in [-0.3, -0.25) is 19.8 Å². The summed E-state index contributed by atoms with van der Waals surface area (Å²) in [4.78, 5) is 28.9. The van der Waals surface area contributed by atoms with Crippen molar-refractivity contribution in [2.24, 2.45) is 0 Å². The van der Waals surface area contributed by atoms with E-state index < -0.39 is 0 Å². The monoisotopic (exact) mass is 267 g/mol. The van der Waals surface area contributed by atoms with Crippen LogP contribution >= 0.6 is 11.6 Å². The Kier molecular flexibility index (Phi) is 3.93. The molecule has 2 heterocycles. The number of nitrogens with one attached hydrogen (secondary N) is 1. The van der Waals surface area contributed by atoms with Crippen molar-refractivity contribution in [2.45, 2.75) is 25.9 Å². The van der Waals surface area contributed by atoms with Gasteiger partial charge in [-0.15, -0.1) is 0 Å². The predicted molar refractivity (Wildman–Crippen MR) is 66.9 cm³/mol. The number of halogens is 1. The van der Waals surface area contributed by atoms with Gasteiger partial charge in [0, 0.05) is 18.3 Å². The summed E-state index contributed by atoms with van der Waals surface area (Å²) >= 11 is 5.98. The van der Waals surface area contributed by atoms with E-state index in [0.717, 1.165) is 5.56 Å². The van der Waals surface area contributed by atoms with Gasteiger partial charge in [0.1, 0.15) is 5.15 Å². The number of aromatic nitrogens is 1. The highest BCUT2D eigenvalue weighted by atomic mass is 35.5. The molecule has 2 rings (SSSR count). The van der Waals surface area contributed by atoms with Crippen molar-refractivity contribution in [1.29, 1.82) is 0 Å². The zero-order chi connectivity index (χ0) is 13.1. The van der Waals surface area contributed by atoms with Crippen LogP contribution in [0.25, 0.3) is 0 Å². The zero-order valence-electron chi connectivity index (χ0n) is 10.0. The van der Waals surface area contributed by atoms with Gasteiger partial charge in [-0.2, -0.15) is 0 Å². The molecule has 6 heteroatoms. The third-order valence-electron chi connectivity index (χ3n) is 2.95. The van der Waals surface area contributed by atoms with Gasteiger partial charge >= 0.3 is 0 Å². The van der Waals surface area contributed by atoms with Crippen molar-refractivity contribution < 1.29 is 9.59 Å². The molecule has 0 aromatic carbocycles. The lowest BCUT2D eigenvalue weighted by Gasteiger charge is -2.33. The van der Waals surface area contributed by atoms with Crippen LogP contribution in [0, 0.1) is 0 Å². The highest BCUT2D eigenvalue weighted by Gasteiger charge is 2.32. The largest absolute Gasteiger partial charge is 0.294 e. The van der Waals surface area contributed by atoms with Crippen molar-refractivity contribution in [1.82, 2.24) is 15.2 Å². The predicted octanol–water partition coefficient (Wildman–Crippen LogP) is 0.972. The fourth-order valence-electron chi connectivity index (χ4n) is 2.09. The van der Waals surface area contributed by atoms with Crippen molar-refractivity contribution in [3.8, 4) is 0 Å². The molecule has 1 unspecified atom stereocenters. The van der Waals surface area contributed by atoms with E-state index in [1.165, 1.54) is 0 Å². The van der Waals surface area contributed by atoms with Crippen LogP contribution in [0.1, 0.15) is 18.9 Å². The average Bonchev–Trinajstić information content (AvgIpc) is 2.31. The Balaban J connectivity index is 2.18. The number of piperazine rings is 1. The first-order valence-corrected chi connectivity index (χ1v) is 6.16. The Morgan fingerprint density at radius 2 is 2.33 bits per heavy atom. The van der Waals surface area contributed by atoms with Crippen molar-refractivity contribution >= 4 is 23.4 Å². The van der Waals surface area contributed by atoms with Crippen LogP contribution in [0.3, 0.4) is 0 Å². The van der Waals surface area contributed by atoms with Crippen molar-refractivity contribution in [2.75, 3.05) is 6.54 Å². The number of carbonyl (C=O) groups is 2. The van der Waals surface area contributed by atoms with Crippen LogP contribution in [0.2, 0.25) is 5.15 Å². The van der Waals surface area contributed by atoms with Crippen LogP contribution in [0.15, 0.2) is 18.3 Å². The Morgan fingerprint density at radius 3 is 3.00 bits per heavy atom. The van der Waals surface area contributed by atoms with Gasteiger partial charge < -0.3 is 0 Å². The highest BCUT2D eigenvalue weighted by Crippen LogP contribution is 2.18. The summed E-state index contributed by atoms with van der Waals surface area (Å²) in [5.41, 5.74) is 0.820. The number of hydrogen-bond acceptors (Lipinski definition) is 4. The zero-order valence-corrected chi connectivity index (χ0v) is 10.8. The molecular formula is C12H14ClN3O2. The summed E-state index contributed by atoms with van der Waals surface area (Å²) in [6, 6.07) is 3.34. The molecule has 0 bridgehead atoms. The molecule has 2 amide bonds. The number of carbonyl (C=O) groups excluding carboxylic acids is 2. The number of pyridine rings is 1. The van der Waals surface area contributed by atoms with E-state index in [-0.39, 0.29) is 24.4 Å². The lowest BCUT2D eigenvalue weighted by molar-refractivity contribution is -0.140. The Bertz CT molecular complexity index is 478. The molecule has 18 heavy (non-hydrogen) atoms. The van der Waals surface area contributed by atoms with E-state index in [0.29, 0.717) is 18.1 Å². The van der Waals surface area contributed by atoms with Crippen molar-refractivity contribution in [3.05, 3.63) is 29.0 Å². The minimum absolute atomic E-state index is 0.204. The summed E-state index contributed by atoms with van der Waals surface area (Å²) in [5, 5.41) is 2.75. The fraction of sp³-hybridized carbons (Fsp3) is 0.417. The normalized spacial score (nSPS) is 20.9. The first-order chi connectivity index (χ1) is 8.61. The second-order valence-corrected chi connectivity index (χ2v) is 4.55. The summed E-state index contributed by atoms with van der Waals surface area (Å²) in [5.74, 6) is -0.515. The molecular weight excluding hydrogens is 254 g/mol. The first kappa shape index (κ1) is 13.0. The molecule has 5 nitrogen and oxygen atoms in total. The summed E-state index contributed by atoms with van der Waals surface area (Å²) in [7, 11) is 0. The van der Waals surface area contributed by atoms with Gasteiger partial charge in [-0.25, -0.2) is 4.98 Å². The molecule has 1 aliphatic heterocycles.